The van der Waals surface area contributed by atoms with E-state index in [1.165, 1.54) is 5.56 Å². The Bertz CT molecular complexity index is 863. The first kappa shape index (κ1) is 15.8. The summed E-state index contributed by atoms with van der Waals surface area (Å²) >= 11 is 0. The molecule has 0 aliphatic rings. The molecule has 0 saturated heterocycles. The number of benzene rings is 3. The second-order valence-corrected chi connectivity index (χ2v) is 5.67. The van der Waals surface area contributed by atoms with Crippen molar-refractivity contribution in [3.05, 3.63) is 101 Å². The quantitative estimate of drug-likeness (QED) is 0.401. The Hall–Kier alpha value is -3.13. The molecule has 2 N–H and O–H groups in total. The molecule has 3 aromatic rings. The van der Waals surface area contributed by atoms with E-state index in [9.17, 15) is 0 Å². The number of nitrogens with two attached hydrogens (primary N) is 1. The Morgan fingerprint density at radius 2 is 1.50 bits per heavy atom. The van der Waals surface area contributed by atoms with Gasteiger partial charge in [0.1, 0.15) is 5.84 Å². The van der Waals surface area contributed by atoms with Crippen LogP contribution in [0.4, 0.5) is 5.69 Å². The van der Waals surface area contributed by atoms with Gasteiger partial charge in [-0.3, -0.25) is 0 Å². The topological polar surface area (TPSA) is 38.4 Å². The van der Waals surface area contributed by atoms with Crippen LogP contribution in [0.5, 0.6) is 0 Å². The SMILES string of the molecule is Cc1ccc(C(N)=Nc2ccccc2)c(C=Cc2ccccc2)c1. The molecule has 0 fully saturated rings. The van der Waals surface area contributed by atoms with Gasteiger partial charge in [0.25, 0.3) is 0 Å². The molecule has 2 heteroatoms. The minimum absolute atomic E-state index is 0.522. The lowest BCUT2D eigenvalue weighted by Gasteiger charge is -2.07. The molecule has 3 rings (SSSR count). The maximum absolute atomic E-state index is 6.26. The summed E-state index contributed by atoms with van der Waals surface area (Å²) in [7, 11) is 0. The van der Waals surface area contributed by atoms with Crippen molar-refractivity contribution < 1.29 is 0 Å². The lowest BCUT2D eigenvalue weighted by molar-refractivity contribution is 1.41. The van der Waals surface area contributed by atoms with Crippen molar-refractivity contribution in [3.63, 3.8) is 0 Å². The molecule has 118 valence electrons. The zero-order chi connectivity index (χ0) is 16.8. The number of aryl methyl sites for hydroxylation is 1. The predicted molar refractivity (Wildman–Crippen MR) is 103 cm³/mol. The van der Waals surface area contributed by atoms with Crippen molar-refractivity contribution in [2.45, 2.75) is 6.92 Å². The van der Waals surface area contributed by atoms with Crippen LogP contribution in [0.1, 0.15) is 22.3 Å². The zero-order valence-electron chi connectivity index (χ0n) is 13.7. The summed E-state index contributed by atoms with van der Waals surface area (Å²) in [6.07, 6.45) is 4.18. The third-order valence-corrected chi connectivity index (χ3v) is 3.74. The van der Waals surface area contributed by atoms with Crippen LogP contribution in [0.2, 0.25) is 0 Å². The Morgan fingerprint density at radius 1 is 0.833 bits per heavy atom. The van der Waals surface area contributed by atoms with Crippen molar-refractivity contribution in [2.24, 2.45) is 10.7 Å². The van der Waals surface area contributed by atoms with Gasteiger partial charge in [0.2, 0.25) is 0 Å². The minimum atomic E-state index is 0.522. The van der Waals surface area contributed by atoms with Crippen molar-refractivity contribution in [1.29, 1.82) is 0 Å². The average molecular weight is 312 g/mol. The highest BCUT2D eigenvalue weighted by atomic mass is 14.9. The number of aliphatic imine (C=N–C) groups is 1. The van der Waals surface area contributed by atoms with Gasteiger partial charge >= 0.3 is 0 Å². The first-order valence-corrected chi connectivity index (χ1v) is 7.96. The Morgan fingerprint density at radius 3 is 2.21 bits per heavy atom. The third-order valence-electron chi connectivity index (χ3n) is 3.74. The largest absolute Gasteiger partial charge is 0.383 e. The molecule has 24 heavy (non-hydrogen) atoms. The van der Waals surface area contributed by atoms with E-state index < -0.39 is 0 Å². The van der Waals surface area contributed by atoms with Crippen LogP contribution in [-0.4, -0.2) is 5.84 Å². The normalized spacial score (nSPS) is 11.8. The fraction of sp³-hybridized carbons (Fsp3) is 0.0455. The molecule has 0 bridgehead atoms. The molecule has 0 aliphatic carbocycles. The van der Waals surface area contributed by atoms with Gasteiger partial charge in [0.05, 0.1) is 5.69 Å². The van der Waals surface area contributed by atoms with Crippen LogP contribution in [0.25, 0.3) is 12.2 Å². The first-order chi connectivity index (χ1) is 11.7. The molecule has 0 atom stereocenters. The summed E-state index contributed by atoms with van der Waals surface area (Å²) < 4.78 is 0. The maximum atomic E-state index is 6.26. The van der Waals surface area contributed by atoms with Gasteiger partial charge < -0.3 is 5.73 Å². The molecule has 0 aliphatic heterocycles. The zero-order valence-corrected chi connectivity index (χ0v) is 13.7. The highest BCUT2D eigenvalue weighted by molar-refractivity contribution is 6.02. The fourth-order valence-corrected chi connectivity index (χ4v) is 2.51. The van der Waals surface area contributed by atoms with E-state index in [1.807, 2.05) is 54.6 Å². The Balaban J connectivity index is 1.97. The second kappa shape index (κ2) is 7.42. The van der Waals surface area contributed by atoms with Crippen LogP contribution >= 0.6 is 0 Å². The van der Waals surface area contributed by atoms with E-state index in [0.29, 0.717) is 5.84 Å². The number of hydrogen-bond donors (Lipinski definition) is 1. The summed E-state index contributed by atoms with van der Waals surface area (Å²) in [5.41, 5.74) is 11.5. The monoisotopic (exact) mass is 312 g/mol. The molecule has 0 heterocycles. The minimum Gasteiger partial charge on any atom is -0.383 e. The highest BCUT2D eigenvalue weighted by Gasteiger charge is 2.05. The van der Waals surface area contributed by atoms with E-state index in [0.717, 1.165) is 22.4 Å². The van der Waals surface area contributed by atoms with Gasteiger partial charge in [-0.05, 0) is 30.2 Å². The first-order valence-electron chi connectivity index (χ1n) is 7.96. The van der Waals surface area contributed by atoms with Gasteiger partial charge in [-0.15, -0.1) is 0 Å². The Kier molecular flexibility index (Phi) is 4.87. The van der Waals surface area contributed by atoms with Gasteiger partial charge in [0.15, 0.2) is 0 Å². The number of rotatable bonds is 4. The summed E-state index contributed by atoms with van der Waals surface area (Å²) in [5, 5.41) is 0. The van der Waals surface area contributed by atoms with Crippen LogP contribution < -0.4 is 5.73 Å². The molecule has 3 aromatic carbocycles. The molecule has 0 spiro atoms. The van der Waals surface area contributed by atoms with Gasteiger partial charge in [-0.1, -0.05) is 84.4 Å². The maximum Gasteiger partial charge on any atom is 0.131 e. The van der Waals surface area contributed by atoms with E-state index in [4.69, 9.17) is 5.73 Å². The summed E-state index contributed by atoms with van der Waals surface area (Å²) in [6.45, 7) is 2.08. The molecular weight excluding hydrogens is 292 g/mol. The number of nitrogens with zero attached hydrogens (tertiary/aromatic N) is 1. The smallest absolute Gasteiger partial charge is 0.131 e. The van der Waals surface area contributed by atoms with Gasteiger partial charge in [-0.25, -0.2) is 4.99 Å². The van der Waals surface area contributed by atoms with Gasteiger partial charge in [-0.2, -0.15) is 0 Å². The van der Waals surface area contributed by atoms with Crippen molar-refractivity contribution in [3.8, 4) is 0 Å². The molecule has 2 nitrogen and oxygen atoms in total. The van der Waals surface area contributed by atoms with Crippen LogP contribution in [-0.2, 0) is 0 Å². The number of para-hydroxylation sites is 1. The molecule has 0 radical (unpaired) electrons. The summed E-state index contributed by atoms with van der Waals surface area (Å²) in [6, 6.07) is 26.2. The van der Waals surface area contributed by atoms with E-state index in [2.05, 4.69) is 48.3 Å². The molecule has 0 saturated carbocycles. The lowest BCUT2D eigenvalue weighted by Crippen LogP contribution is -2.14. The fourth-order valence-electron chi connectivity index (χ4n) is 2.51. The van der Waals surface area contributed by atoms with Crippen LogP contribution in [0, 0.1) is 6.92 Å². The van der Waals surface area contributed by atoms with Crippen molar-refractivity contribution in [1.82, 2.24) is 0 Å². The predicted octanol–water partition coefficient (Wildman–Crippen LogP) is 5.20. The van der Waals surface area contributed by atoms with E-state index >= 15 is 0 Å². The molecule has 0 amide bonds. The van der Waals surface area contributed by atoms with Crippen LogP contribution in [0.15, 0.2) is 83.9 Å². The molecular formula is C22H20N2. The van der Waals surface area contributed by atoms with Crippen LogP contribution in [0.3, 0.4) is 0 Å². The highest BCUT2D eigenvalue weighted by Crippen LogP contribution is 2.18. The third kappa shape index (κ3) is 3.99. The lowest BCUT2D eigenvalue weighted by atomic mass is 10.0. The van der Waals surface area contributed by atoms with E-state index in [-0.39, 0.29) is 0 Å². The standard InChI is InChI=1S/C22H20N2/c1-17-12-15-21(22(23)24-20-10-6-3-7-11-20)19(16-17)14-13-18-8-4-2-5-9-18/h2-16H,1H3,(H2,23,24). The van der Waals surface area contributed by atoms with E-state index in [1.54, 1.807) is 0 Å². The summed E-state index contributed by atoms with van der Waals surface area (Å²) in [5.74, 6) is 0.522. The number of amidine groups is 1. The van der Waals surface area contributed by atoms with Gasteiger partial charge in [0, 0.05) is 5.56 Å². The second-order valence-electron chi connectivity index (χ2n) is 5.67. The average Bonchev–Trinajstić information content (AvgIpc) is 2.61. The van der Waals surface area contributed by atoms with Crippen molar-refractivity contribution >= 4 is 23.7 Å². The molecule has 0 aromatic heterocycles. The summed E-state index contributed by atoms with van der Waals surface area (Å²) in [4.78, 5) is 4.54. The molecule has 0 unspecified atom stereocenters. The number of hydrogen-bond acceptors (Lipinski definition) is 1. The van der Waals surface area contributed by atoms with Crippen molar-refractivity contribution in [2.75, 3.05) is 0 Å². The Labute approximate surface area is 143 Å².